The van der Waals surface area contributed by atoms with Crippen molar-refractivity contribution < 1.29 is 149 Å². The van der Waals surface area contributed by atoms with E-state index in [2.05, 4.69) is 10.6 Å². The Morgan fingerprint density at radius 1 is 0.389 bits per heavy atom. The number of ether oxygens (including phenoxy) is 11. The van der Waals surface area contributed by atoms with Crippen LogP contribution in [0, 0.1) is 0 Å². The van der Waals surface area contributed by atoms with Crippen molar-refractivity contribution >= 4 is 11.8 Å². The molecule has 0 bridgehead atoms. The van der Waals surface area contributed by atoms with Crippen molar-refractivity contribution in [1.82, 2.24) is 10.6 Å². The first-order valence-corrected chi connectivity index (χ1v) is 23.0. The van der Waals surface area contributed by atoms with E-state index in [1.54, 1.807) is 0 Å². The third-order valence-electron chi connectivity index (χ3n) is 13.1. The first kappa shape index (κ1) is 59.1. The maximum Gasteiger partial charge on any atom is 0.217 e. The molecule has 72 heavy (non-hydrogen) atoms. The van der Waals surface area contributed by atoms with E-state index in [1.165, 1.54) is 6.92 Å². The summed E-state index contributed by atoms with van der Waals surface area (Å²) in [5, 5.41) is 185. The molecule has 0 spiro atoms. The fourth-order valence-corrected chi connectivity index (χ4v) is 8.96. The van der Waals surface area contributed by atoms with Crippen molar-refractivity contribution in [2.45, 2.75) is 205 Å². The molecule has 32 heteroatoms. The highest BCUT2D eigenvalue weighted by Gasteiger charge is 2.56. The van der Waals surface area contributed by atoms with Gasteiger partial charge in [0.15, 0.2) is 37.7 Å². The van der Waals surface area contributed by atoms with Crippen LogP contribution in [0.1, 0.15) is 20.8 Å². The number of hydrogen-bond donors (Lipinski definition) is 19. The number of nitrogens with one attached hydrogen (secondary N) is 2. The third kappa shape index (κ3) is 13.0. The number of carbonyl (C=O) groups excluding carboxylic acids is 2. The number of rotatable bonds is 17. The van der Waals surface area contributed by atoms with Crippen LogP contribution in [0.25, 0.3) is 0 Å². The second-order valence-electron chi connectivity index (χ2n) is 18.3. The fraction of sp³-hybridized carbons (Fsp3) is 0.950. The first-order chi connectivity index (χ1) is 33.9. The predicted molar refractivity (Wildman–Crippen MR) is 221 cm³/mol. The lowest BCUT2D eigenvalue weighted by molar-refractivity contribution is -0.368. The Morgan fingerprint density at radius 3 is 1.25 bits per heavy atom. The van der Waals surface area contributed by atoms with Gasteiger partial charge in [0.1, 0.15) is 140 Å². The van der Waals surface area contributed by atoms with Gasteiger partial charge < -0.3 is 150 Å². The van der Waals surface area contributed by atoms with Crippen molar-refractivity contribution in [2.75, 3.05) is 33.0 Å². The molecule has 418 valence electrons. The van der Waals surface area contributed by atoms with E-state index >= 15 is 0 Å². The van der Waals surface area contributed by atoms with Gasteiger partial charge in [-0.15, -0.1) is 0 Å². The van der Waals surface area contributed by atoms with Crippen molar-refractivity contribution in [1.29, 1.82) is 0 Å². The lowest BCUT2D eigenvalue weighted by Crippen LogP contribution is -2.70. The summed E-state index contributed by atoms with van der Waals surface area (Å²) in [6, 6.07) is -3.32. The molecule has 6 aliphatic rings. The molecular weight excluding hydrogens is 988 g/mol. The maximum absolute atomic E-state index is 12.6. The normalized spacial score (nSPS) is 50.3. The van der Waals surface area contributed by atoms with Crippen LogP contribution >= 0.6 is 0 Å². The monoisotopic (exact) mass is 1060 g/mol. The lowest BCUT2D eigenvalue weighted by Gasteiger charge is -2.49. The molecule has 0 aliphatic carbocycles. The molecule has 2 amide bonds. The van der Waals surface area contributed by atoms with E-state index in [4.69, 9.17) is 52.1 Å². The molecular formula is C40H68N2O30. The van der Waals surface area contributed by atoms with Crippen LogP contribution in [0.4, 0.5) is 0 Å². The van der Waals surface area contributed by atoms with Gasteiger partial charge in [-0.3, -0.25) is 9.59 Å². The molecule has 0 radical (unpaired) electrons. The van der Waals surface area contributed by atoms with Crippen LogP contribution in [0.2, 0.25) is 0 Å². The Morgan fingerprint density at radius 2 is 0.750 bits per heavy atom. The van der Waals surface area contributed by atoms with Gasteiger partial charge in [0, 0.05) is 13.8 Å². The minimum absolute atomic E-state index is 0.705. The van der Waals surface area contributed by atoms with Gasteiger partial charge >= 0.3 is 0 Å². The molecule has 0 aromatic carbocycles. The quantitative estimate of drug-likeness (QED) is 0.0643. The Kier molecular flexibility index (Phi) is 20.8. The number of hydrogen-bond acceptors (Lipinski definition) is 30. The van der Waals surface area contributed by atoms with E-state index in [9.17, 15) is 96.4 Å². The zero-order valence-electron chi connectivity index (χ0n) is 38.8. The topological polar surface area (TPSA) is 504 Å². The molecule has 32 nitrogen and oxygen atoms in total. The zero-order chi connectivity index (χ0) is 53.2. The van der Waals surface area contributed by atoms with Gasteiger partial charge in [-0.2, -0.15) is 0 Å². The van der Waals surface area contributed by atoms with Crippen LogP contribution in [-0.2, 0) is 61.7 Å². The average molecular weight is 1060 g/mol. The summed E-state index contributed by atoms with van der Waals surface area (Å²) in [6.45, 7) is -0.605. The minimum atomic E-state index is -2.13. The van der Waals surface area contributed by atoms with Crippen LogP contribution < -0.4 is 10.6 Å². The second kappa shape index (κ2) is 25.3. The second-order valence-corrected chi connectivity index (χ2v) is 18.3. The molecule has 0 saturated carbocycles. The summed E-state index contributed by atoms with van der Waals surface area (Å²) in [7, 11) is 0. The number of amides is 2. The molecule has 6 rings (SSSR count). The van der Waals surface area contributed by atoms with E-state index in [0.29, 0.717) is 0 Å². The van der Waals surface area contributed by atoms with Gasteiger partial charge in [-0.1, -0.05) is 0 Å². The van der Waals surface area contributed by atoms with Crippen molar-refractivity contribution in [3.63, 3.8) is 0 Å². The summed E-state index contributed by atoms with van der Waals surface area (Å²) >= 11 is 0. The molecule has 30 atom stereocenters. The Labute approximate surface area is 408 Å². The minimum Gasteiger partial charge on any atom is -0.394 e. The molecule has 6 heterocycles. The van der Waals surface area contributed by atoms with Crippen LogP contribution in [-0.4, -0.2) is 316 Å². The third-order valence-corrected chi connectivity index (χ3v) is 13.1. The maximum atomic E-state index is 12.6. The zero-order valence-corrected chi connectivity index (χ0v) is 38.8. The van der Waals surface area contributed by atoms with Crippen LogP contribution in [0.5, 0.6) is 0 Å². The number of aliphatic hydroxyl groups excluding tert-OH is 17. The summed E-state index contributed by atoms with van der Waals surface area (Å²) in [5.41, 5.74) is 0. The van der Waals surface area contributed by atoms with Crippen LogP contribution in [0.3, 0.4) is 0 Å². The summed E-state index contributed by atoms with van der Waals surface area (Å²) in [4.78, 5) is 24.6. The standard InChI is InChI=1S/C40H68N2O30/c1-9-19(47)25(53)29(57)37(65-9)64-8-16-34(23(51)17(35(61)66-16)41-10(2)45)71-36-18(42-11(3)46)24(52)33(13(5-44)68-36)72-40-32(60)28(56)22(50)15(70-40)7-63-39-31(59)27(55)21(49)14(69-39)6-62-38-30(58)26(54)20(48)12(4-43)67-38/h9,12-40,43-44,47-61H,4-8H2,1-3H3,(H,41,45)(H,42,46)/t9-,12+,13+,14+,15+,16+,17+,18+,19+,20-,21+,22+,23+,24+,25+,26-,27-,28-,29-,30+,31-,32-,33+,34+,35?,36-,37+,38+,39-,40-/m0/s1. The van der Waals surface area contributed by atoms with Gasteiger partial charge in [0.2, 0.25) is 11.8 Å². The van der Waals surface area contributed by atoms with E-state index in [1.807, 2.05) is 0 Å². The van der Waals surface area contributed by atoms with Gasteiger partial charge in [0.05, 0.1) is 39.1 Å². The first-order valence-electron chi connectivity index (χ1n) is 23.0. The van der Waals surface area contributed by atoms with Gasteiger partial charge in [-0.05, 0) is 6.92 Å². The smallest absolute Gasteiger partial charge is 0.217 e. The molecule has 0 aromatic rings. The number of aliphatic hydroxyl groups is 17. The number of carbonyl (C=O) groups is 2. The SMILES string of the molecule is CC(=O)N[C@H]1[C@H](O[C@H]2[C@H](O)[C@@H](NC(C)=O)C(O)O[C@@H]2CO[C@@H]2O[C@@H](C)[C@@H](O)[C@@H](O)[C@@H]2O)O[C@H](CO)[C@@H](O[C@@H]2O[C@H](CO[C@H]3O[C@H](CO[C@@H]4O[C@H](CO)[C@H](O)[C@H](O)[C@H]4O)[C@@H](O)[C@H](O)[C@@H]3O)[C@@H](O)[C@H](O)[C@@H]2O)[C@@H]1O. The van der Waals surface area contributed by atoms with E-state index in [-0.39, 0.29) is 0 Å². The Balaban J connectivity index is 1.14. The van der Waals surface area contributed by atoms with Gasteiger partial charge in [-0.25, -0.2) is 0 Å². The Hall–Kier alpha value is -2.18. The molecule has 6 saturated heterocycles. The summed E-state index contributed by atoms with van der Waals surface area (Å²) < 4.78 is 62.1. The van der Waals surface area contributed by atoms with E-state index < -0.39 is 229 Å². The van der Waals surface area contributed by atoms with Crippen molar-refractivity contribution in [2.24, 2.45) is 0 Å². The largest absolute Gasteiger partial charge is 0.394 e. The molecule has 0 aromatic heterocycles. The fourth-order valence-electron chi connectivity index (χ4n) is 8.96. The van der Waals surface area contributed by atoms with Crippen molar-refractivity contribution in [3.05, 3.63) is 0 Å². The van der Waals surface area contributed by atoms with Gasteiger partial charge in [0.25, 0.3) is 0 Å². The molecule has 1 unspecified atom stereocenters. The molecule has 6 fully saturated rings. The Bertz CT molecular complexity index is 1730. The molecule has 19 N–H and O–H groups in total. The lowest BCUT2D eigenvalue weighted by atomic mass is 9.94. The van der Waals surface area contributed by atoms with Crippen LogP contribution in [0.15, 0.2) is 0 Å². The van der Waals surface area contributed by atoms with E-state index in [0.717, 1.165) is 13.8 Å². The average Bonchev–Trinajstić information content (AvgIpc) is 3.34. The highest BCUT2D eigenvalue weighted by Crippen LogP contribution is 2.34. The molecule has 6 aliphatic heterocycles. The predicted octanol–water partition coefficient (Wildman–Crippen LogP) is -12.8. The summed E-state index contributed by atoms with van der Waals surface area (Å²) in [6.07, 6.45) is -49.9. The van der Waals surface area contributed by atoms with Crippen molar-refractivity contribution in [3.8, 4) is 0 Å². The highest BCUT2D eigenvalue weighted by molar-refractivity contribution is 5.73. The summed E-state index contributed by atoms with van der Waals surface area (Å²) in [5.74, 6) is -1.56. The highest BCUT2D eigenvalue weighted by atomic mass is 16.8.